The Kier molecular flexibility index (Phi) is 2.55. The summed E-state index contributed by atoms with van der Waals surface area (Å²) in [6.45, 7) is 1.41. The Morgan fingerprint density at radius 1 is 1.18 bits per heavy atom. The Morgan fingerprint density at radius 3 is 3.06 bits per heavy atom. The molecule has 17 heavy (non-hydrogen) atoms. The van der Waals surface area contributed by atoms with E-state index >= 15 is 0 Å². The number of hydrogen-bond donors (Lipinski definition) is 2. The average Bonchev–Trinajstić information content (AvgIpc) is 2.99. The van der Waals surface area contributed by atoms with Gasteiger partial charge in [-0.2, -0.15) is 5.10 Å². The van der Waals surface area contributed by atoms with Crippen molar-refractivity contribution in [3.63, 3.8) is 0 Å². The van der Waals surface area contributed by atoms with Crippen LogP contribution in [0, 0.1) is 0 Å². The highest BCUT2D eigenvalue weighted by Crippen LogP contribution is 2.02. The van der Waals surface area contributed by atoms with Crippen molar-refractivity contribution in [2.75, 3.05) is 0 Å². The lowest BCUT2D eigenvalue weighted by Gasteiger charge is -2.01. The first-order chi connectivity index (χ1) is 8.43. The smallest absolute Gasteiger partial charge is 0.160 e. The van der Waals surface area contributed by atoms with Crippen molar-refractivity contribution in [1.29, 1.82) is 0 Å². The van der Waals surface area contributed by atoms with Crippen LogP contribution in [-0.4, -0.2) is 24.8 Å². The van der Waals surface area contributed by atoms with Crippen LogP contribution in [0.25, 0.3) is 5.65 Å². The maximum Gasteiger partial charge on any atom is 0.160 e. The first-order valence-corrected chi connectivity index (χ1v) is 5.41. The number of hydrogen-bond acceptors (Lipinski definition) is 4. The van der Waals surface area contributed by atoms with Crippen LogP contribution in [0.3, 0.4) is 0 Å². The van der Waals surface area contributed by atoms with E-state index in [1.165, 1.54) is 0 Å². The third kappa shape index (κ3) is 2.02. The number of nitrogens with one attached hydrogen (secondary N) is 2. The molecule has 6 nitrogen and oxygen atoms in total. The largest absolute Gasteiger partial charge is 0.304 e. The van der Waals surface area contributed by atoms with Crippen LogP contribution in [0.5, 0.6) is 0 Å². The van der Waals surface area contributed by atoms with Gasteiger partial charge in [0.2, 0.25) is 0 Å². The van der Waals surface area contributed by atoms with Crippen LogP contribution in [0.2, 0.25) is 0 Å². The zero-order chi connectivity index (χ0) is 11.5. The Balaban J connectivity index is 1.69. The maximum atomic E-state index is 4.14. The lowest BCUT2D eigenvalue weighted by molar-refractivity contribution is 0.645. The van der Waals surface area contributed by atoms with Gasteiger partial charge in [0.05, 0.1) is 6.54 Å². The highest BCUT2D eigenvalue weighted by molar-refractivity contribution is 5.36. The van der Waals surface area contributed by atoms with Crippen LogP contribution in [-0.2, 0) is 13.1 Å². The molecule has 3 rings (SSSR count). The predicted octanol–water partition coefficient (Wildman–Crippen LogP) is 0.742. The summed E-state index contributed by atoms with van der Waals surface area (Å²) in [5, 5.41) is 18.3. The summed E-state index contributed by atoms with van der Waals surface area (Å²) in [7, 11) is 0. The van der Waals surface area contributed by atoms with E-state index in [0.29, 0.717) is 6.54 Å². The molecular weight excluding hydrogens is 216 g/mol. The minimum atomic E-state index is 0.671. The van der Waals surface area contributed by atoms with Crippen molar-refractivity contribution in [3.05, 3.63) is 48.2 Å². The van der Waals surface area contributed by atoms with E-state index in [2.05, 4.69) is 25.7 Å². The summed E-state index contributed by atoms with van der Waals surface area (Å²) < 4.78 is 1.97. The molecule has 0 aliphatic heterocycles. The van der Waals surface area contributed by atoms with E-state index < -0.39 is 0 Å². The maximum absolute atomic E-state index is 4.14. The highest BCUT2D eigenvalue weighted by Gasteiger charge is 2.03. The normalized spacial score (nSPS) is 11.1. The molecular formula is C11H12N6. The number of pyridine rings is 1. The number of rotatable bonds is 4. The van der Waals surface area contributed by atoms with Crippen molar-refractivity contribution in [1.82, 2.24) is 30.1 Å². The Morgan fingerprint density at radius 2 is 2.18 bits per heavy atom. The fraction of sp³-hybridized carbons (Fsp3) is 0.182. The average molecular weight is 228 g/mol. The van der Waals surface area contributed by atoms with E-state index in [-0.39, 0.29) is 0 Å². The van der Waals surface area contributed by atoms with E-state index in [1.54, 1.807) is 6.20 Å². The van der Waals surface area contributed by atoms with E-state index in [0.717, 1.165) is 23.7 Å². The van der Waals surface area contributed by atoms with Gasteiger partial charge in [0.15, 0.2) is 11.5 Å². The van der Waals surface area contributed by atoms with Crippen LogP contribution in [0.1, 0.15) is 11.5 Å². The lowest BCUT2D eigenvalue weighted by Crippen LogP contribution is -2.15. The van der Waals surface area contributed by atoms with Gasteiger partial charge in [0.1, 0.15) is 0 Å². The molecule has 3 aromatic rings. The minimum absolute atomic E-state index is 0.671. The topological polar surface area (TPSA) is 70.9 Å². The number of aromatic amines is 1. The van der Waals surface area contributed by atoms with Crippen molar-refractivity contribution >= 4 is 5.65 Å². The van der Waals surface area contributed by atoms with Gasteiger partial charge in [-0.3, -0.25) is 9.50 Å². The molecule has 0 fully saturated rings. The first-order valence-electron chi connectivity index (χ1n) is 5.41. The molecule has 6 heteroatoms. The van der Waals surface area contributed by atoms with Crippen LogP contribution < -0.4 is 5.32 Å². The second-order valence-corrected chi connectivity index (χ2v) is 3.73. The van der Waals surface area contributed by atoms with Crippen molar-refractivity contribution in [3.8, 4) is 0 Å². The van der Waals surface area contributed by atoms with Crippen LogP contribution in [0.4, 0.5) is 0 Å². The molecule has 0 amide bonds. The zero-order valence-corrected chi connectivity index (χ0v) is 9.17. The third-order valence-electron chi connectivity index (χ3n) is 2.54. The van der Waals surface area contributed by atoms with Crippen LogP contribution in [0.15, 0.2) is 36.7 Å². The van der Waals surface area contributed by atoms with E-state index in [4.69, 9.17) is 0 Å². The molecule has 0 bridgehead atoms. The molecule has 3 heterocycles. The molecule has 0 aliphatic carbocycles. The molecule has 0 aliphatic rings. The molecule has 0 atom stereocenters. The number of H-pyrrole nitrogens is 1. The van der Waals surface area contributed by atoms with Crippen LogP contribution >= 0.6 is 0 Å². The molecule has 0 saturated carbocycles. The fourth-order valence-electron chi connectivity index (χ4n) is 1.70. The molecule has 2 N–H and O–H groups in total. The number of nitrogens with zero attached hydrogens (tertiary/aromatic N) is 4. The molecule has 0 unspecified atom stereocenters. The summed E-state index contributed by atoms with van der Waals surface area (Å²) in [6.07, 6.45) is 3.70. The Hall–Kier alpha value is -2.21. The Bertz CT molecular complexity index is 597. The molecule has 0 spiro atoms. The second-order valence-electron chi connectivity index (χ2n) is 3.73. The van der Waals surface area contributed by atoms with Gasteiger partial charge in [-0.15, -0.1) is 10.2 Å². The summed E-state index contributed by atoms with van der Waals surface area (Å²) in [4.78, 5) is 0. The van der Waals surface area contributed by atoms with Gasteiger partial charge < -0.3 is 5.32 Å². The highest BCUT2D eigenvalue weighted by atomic mass is 15.3. The van der Waals surface area contributed by atoms with Gasteiger partial charge in [0, 0.05) is 24.6 Å². The van der Waals surface area contributed by atoms with Gasteiger partial charge in [-0.05, 0) is 18.2 Å². The molecule has 3 aromatic heterocycles. The fourth-order valence-corrected chi connectivity index (χ4v) is 1.70. The van der Waals surface area contributed by atoms with Crippen molar-refractivity contribution in [2.24, 2.45) is 0 Å². The summed E-state index contributed by atoms with van der Waals surface area (Å²) in [6, 6.07) is 7.79. The Labute approximate surface area is 97.7 Å². The molecule has 86 valence electrons. The zero-order valence-electron chi connectivity index (χ0n) is 9.17. The predicted molar refractivity (Wildman–Crippen MR) is 62.1 cm³/mol. The standard InChI is InChI=1S/C11H12N6/c1-2-6-17-10(3-1)15-16-11(17)8-12-7-9-4-5-13-14-9/h1-6,12H,7-8H2,(H,13,14). The lowest BCUT2D eigenvalue weighted by atomic mass is 10.4. The van der Waals surface area contributed by atoms with Gasteiger partial charge in [0.25, 0.3) is 0 Å². The SMILES string of the molecule is c1ccn2c(CNCc3ccn[nH]3)nnc2c1. The van der Waals surface area contributed by atoms with Gasteiger partial charge in [-0.25, -0.2) is 0 Å². The van der Waals surface area contributed by atoms with E-state index in [9.17, 15) is 0 Å². The number of aromatic nitrogens is 5. The minimum Gasteiger partial charge on any atom is -0.304 e. The van der Waals surface area contributed by atoms with Crippen molar-refractivity contribution < 1.29 is 0 Å². The number of fused-ring (bicyclic) bond motifs is 1. The molecule has 0 aromatic carbocycles. The first kappa shape index (κ1) is 9.98. The molecule has 0 saturated heterocycles. The van der Waals surface area contributed by atoms with Crippen molar-refractivity contribution in [2.45, 2.75) is 13.1 Å². The third-order valence-corrected chi connectivity index (χ3v) is 2.54. The monoisotopic (exact) mass is 228 g/mol. The summed E-state index contributed by atoms with van der Waals surface area (Å²) >= 11 is 0. The quantitative estimate of drug-likeness (QED) is 0.691. The molecule has 0 radical (unpaired) electrons. The van der Waals surface area contributed by atoms with E-state index in [1.807, 2.05) is 34.9 Å². The van der Waals surface area contributed by atoms with Gasteiger partial charge in [-0.1, -0.05) is 6.07 Å². The van der Waals surface area contributed by atoms with Gasteiger partial charge >= 0.3 is 0 Å². The summed E-state index contributed by atoms with van der Waals surface area (Å²) in [5.74, 6) is 0.903. The second kappa shape index (κ2) is 4.34. The summed E-state index contributed by atoms with van der Waals surface area (Å²) in [5.41, 5.74) is 1.92.